The summed E-state index contributed by atoms with van der Waals surface area (Å²) in [6.07, 6.45) is 0. The minimum Gasteiger partial charge on any atom is -0.394 e. The number of aromatic nitrogens is 2. The Morgan fingerprint density at radius 3 is 2.79 bits per heavy atom. The smallest absolute Gasteiger partial charge is 0.254 e. The number of benzene rings is 2. The van der Waals surface area contributed by atoms with Gasteiger partial charge in [-0.3, -0.25) is 9.89 Å². The SMILES string of the molecule is CC(C)[C@@H](CO)NC(=O)c1ccc2[nH]nc(-c3cc4ccccc4s3)c2c1F. The van der Waals surface area contributed by atoms with Crippen molar-refractivity contribution in [2.75, 3.05) is 6.61 Å². The Hall–Kier alpha value is -2.77. The van der Waals surface area contributed by atoms with Crippen LogP contribution in [0.3, 0.4) is 0 Å². The number of nitrogens with zero attached hydrogens (tertiary/aromatic N) is 1. The maximum Gasteiger partial charge on any atom is 0.254 e. The van der Waals surface area contributed by atoms with E-state index in [-0.39, 0.29) is 18.1 Å². The fraction of sp³-hybridized carbons (Fsp3) is 0.238. The van der Waals surface area contributed by atoms with Gasteiger partial charge in [0.05, 0.1) is 34.0 Å². The molecular formula is C21H20FN3O2S. The fourth-order valence-electron chi connectivity index (χ4n) is 3.19. The van der Waals surface area contributed by atoms with Crippen molar-refractivity contribution in [3.63, 3.8) is 0 Å². The van der Waals surface area contributed by atoms with Gasteiger partial charge >= 0.3 is 0 Å². The molecule has 0 bridgehead atoms. The van der Waals surface area contributed by atoms with Gasteiger partial charge in [0.15, 0.2) is 0 Å². The molecule has 0 spiro atoms. The number of carbonyl (C=O) groups excluding carboxylic acids is 1. The second-order valence-corrected chi connectivity index (χ2v) is 8.16. The van der Waals surface area contributed by atoms with Crippen molar-refractivity contribution in [3.05, 3.63) is 53.8 Å². The summed E-state index contributed by atoms with van der Waals surface area (Å²) < 4.78 is 16.4. The number of thiophene rings is 1. The van der Waals surface area contributed by atoms with Crippen molar-refractivity contribution >= 4 is 38.2 Å². The van der Waals surface area contributed by atoms with Crippen LogP contribution in [-0.4, -0.2) is 33.9 Å². The molecule has 0 aliphatic rings. The minimum atomic E-state index is -0.614. The number of aromatic amines is 1. The number of aliphatic hydroxyl groups is 1. The van der Waals surface area contributed by atoms with Gasteiger partial charge < -0.3 is 10.4 Å². The van der Waals surface area contributed by atoms with Gasteiger partial charge in [0.2, 0.25) is 0 Å². The molecule has 0 saturated heterocycles. The molecule has 0 unspecified atom stereocenters. The van der Waals surface area contributed by atoms with Crippen LogP contribution >= 0.6 is 11.3 Å². The predicted molar refractivity (Wildman–Crippen MR) is 110 cm³/mol. The lowest BCUT2D eigenvalue weighted by atomic mass is 10.0. The molecule has 7 heteroatoms. The van der Waals surface area contributed by atoms with E-state index >= 15 is 4.39 Å². The summed E-state index contributed by atoms with van der Waals surface area (Å²) in [4.78, 5) is 13.4. The minimum absolute atomic E-state index is 0.0313. The van der Waals surface area contributed by atoms with E-state index in [1.54, 1.807) is 6.07 Å². The number of nitrogens with one attached hydrogen (secondary N) is 2. The third-order valence-corrected chi connectivity index (χ3v) is 6.01. The largest absolute Gasteiger partial charge is 0.394 e. The first-order chi connectivity index (χ1) is 13.5. The van der Waals surface area contributed by atoms with E-state index in [9.17, 15) is 9.90 Å². The number of hydrogen-bond donors (Lipinski definition) is 3. The van der Waals surface area contributed by atoms with Crippen LogP contribution < -0.4 is 5.32 Å². The van der Waals surface area contributed by atoms with Crippen molar-refractivity contribution < 1.29 is 14.3 Å². The highest BCUT2D eigenvalue weighted by Gasteiger charge is 2.23. The first-order valence-corrected chi connectivity index (χ1v) is 9.88. The average Bonchev–Trinajstić information content (AvgIpc) is 3.29. The third kappa shape index (κ3) is 3.16. The van der Waals surface area contributed by atoms with Crippen molar-refractivity contribution in [1.82, 2.24) is 15.5 Å². The Kier molecular flexibility index (Phi) is 4.87. The van der Waals surface area contributed by atoms with Crippen molar-refractivity contribution in [2.45, 2.75) is 19.9 Å². The number of hydrogen-bond acceptors (Lipinski definition) is 4. The quantitative estimate of drug-likeness (QED) is 0.469. The van der Waals surface area contributed by atoms with Crippen molar-refractivity contribution in [2.24, 2.45) is 5.92 Å². The van der Waals surface area contributed by atoms with Gasteiger partial charge in [0.25, 0.3) is 5.91 Å². The Balaban J connectivity index is 1.78. The number of H-pyrrole nitrogens is 1. The Morgan fingerprint density at radius 1 is 1.29 bits per heavy atom. The standard InChI is InChI=1S/C21H20FN3O2S/c1-11(2)15(10-26)23-21(27)13-7-8-14-18(19(13)22)20(25-24-14)17-9-12-5-3-4-6-16(12)28-17/h3-9,11,15,26H,10H2,1-2H3,(H,23,27)(H,24,25)/t15-/m1/s1. The van der Waals surface area contributed by atoms with Crippen LogP contribution in [0.15, 0.2) is 42.5 Å². The highest BCUT2D eigenvalue weighted by Crippen LogP contribution is 2.37. The summed E-state index contributed by atoms with van der Waals surface area (Å²) in [6.45, 7) is 3.57. The van der Waals surface area contributed by atoms with Gasteiger partial charge in [0, 0.05) is 4.70 Å². The van der Waals surface area contributed by atoms with Crippen LogP contribution in [0.1, 0.15) is 24.2 Å². The van der Waals surface area contributed by atoms with E-state index in [0.29, 0.717) is 16.6 Å². The van der Waals surface area contributed by atoms with E-state index in [0.717, 1.165) is 15.0 Å². The monoisotopic (exact) mass is 397 g/mol. The van der Waals surface area contributed by atoms with E-state index < -0.39 is 17.8 Å². The Bertz CT molecular complexity index is 1130. The molecule has 0 saturated carbocycles. The Morgan fingerprint density at radius 2 is 2.07 bits per heavy atom. The van der Waals surface area contributed by atoms with Gasteiger partial charge in [-0.15, -0.1) is 11.3 Å². The van der Waals surface area contributed by atoms with E-state index in [2.05, 4.69) is 15.5 Å². The van der Waals surface area contributed by atoms with Gasteiger partial charge in [0.1, 0.15) is 11.5 Å². The molecule has 0 radical (unpaired) electrons. The molecule has 144 valence electrons. The topological polar surface area (TPSA) is 78.0 Å². The molecule has 0 fully saturated rings. The second kappa shape index (κ2) is 7.33. The molecule has 3 N–H and O–H groups in total. The highest BCUT2D eigenvalue weighted by molar-refractivity contribution is 7.22. The molecule has 2 aromatic heterocycles. The first-order valence-electron chi connectivity index (χ1n) is 9.07. The molecule has 0 aliphatic heterocycles. The normalized spacial score (nSPS) is 12.8. The molecule has 5 nitrogen and oxygen atoms in total. The van der Waals surface area contributed by atoms with Gasteiger partial charge in [-0.25, -0.2) is 4.39 Å². The van der Waals surface area contributed by atoms with Crippen LogP contribution in [0, 0.1) is 11.7 Å². The number of carbonyl (C=O) groups is 1. The van der Waals surface area contributed by atoms with Crippen LogP contribution in [-0.2, 0) is 0 Å². The molecule has 2 heterocycles. The summed E-state index contributed by atoms with van der Waals surface area (Å²) >= 11 is 1.53. The Labute approximate surface area is 165 Å². The van der Waals surface area contributed by atoms with E-state index in [1.165, 1.54) is 17.4 Å². The van der Waals surface area contributed by atoms with Crippen molar-refractivity contribution in [3.8, 4) is 10.6 Å². The van der Waals surface area contributed by atoms with Crippen LogP contribution in [0.4, 0.5) is 4.39 Å². The molecule has 1 amide bonds. The summed E-state index contributed by atoms with van der Waals surface area (Å²) in [5.41, 5.74) is 0.963. The number of aliphatic hydroxyl groups excluding tert-OH is 1. The molecule has 2 aromatic carbocycles. The summed E-state index contributed by atoms with van der Waals surface area (Å²) in [6, 6.07) is 12.6. The number of amides is 1. The predicted octanol–water partition coefficient (Wildman–Crippen LogP) is 4.33. The summed E-state index contributed by atoms with van der Waals surface area (Å²) in [7, 11) is 0. The number of fused-ring (bicyclic) bond motifs is 2. The zero-order valence-corrected chi connectivity index (χ0v) is 16.3. The average molecular weight is 397 g/mol. The second-order valence-electron chi connectivity index (χ2n) is 7.08. The maximum absolute atomic E-state index is 15.3. The van der Waals surface area contributed by atoms with Crippen LogP contribution in [0.5, 0.6) is 0 Å². The van der Waals surface area contributed by atoms with Crippen molar-refractivity contribution in [1.29, 1.82) is 0 Å². The van der Waals surface area contributed by atoms with E-state index in [1.807, 2.05) is 44.2 Å². The lowest BCUT2D eigenvalue weighted by Gasteiger charge is -2.20. The lowest BCUT2D eigenvalue weighted by molar-refractivity contribution is 0.0893. The molecule has 28 heavy (non-hydrogen) atoms. The lowest BCUT2D eigenvalue weighted by Crippen LogP contribution is -2.41. The zero-order valence-electron chi connectivity index (χ0n) is 15.5. The summed E-state index contributed by atoms with van der Waals surface area (Å²) in [5, 5.41) is 20.7. The molecule has 4 aromatic rings. The molecule has 4 rings (SSSR count). The van der Waals surface area contributed by atoms with Crippen LogP contribution in [0.25, 0.3) is 31.6 Å². The zero-order chi connectivity index (χ0) is 19.8. The van der Waals surface area contributed by atoms with Gasteiger partial charge in [-0.05, 0) is 35.6 Å². The third-order valence-electron chi connectivity index (χ3n) is 4.89. The molecule has 1 atom stereocenters. The fourth-order valence-corrected chi connectivity index (χ4v) is 4.25. The van der Waals surface area contributed by atoms with Crippen LogP contribution in [0.2, 0.25) is 0 Å². The van der Waals surface area contributed by atoms with E-state index in [4.69, 9.17) is 0 Å². The van der Waals surface area contributed by atoms with Gasteiger partial charge in [-0.2, -0.15) is 5.10 Å². The highest BCUT2D eigenvalue weighted by atomic mass is 32.1. The maximum atomic E-state index is 15.3. The number of halogens is 1. The first kappa shape index (κ1) is 18.6. The summed E-state index contributed by atoms with van der Waals surface area (Å²) in [5.74, 6) is -1.13. The molecule has 0 aliphatic carbocycles. The number of rotatable bonds is 5. The van der Waals surface area contributed by atoms with Gasteiger partial charge in [-0.1, -0.05) is 32.0 Å². The molecular weight excluding hydrogens is 377 g/mol.